The van der Waals surface area contributed by atoms with Crippen molar-refractivity contribution in [2.75, 3.05) is 31.5 Å². The van der Waals surface area contributed by atoms with Gasteiger partial charge < -0.3 is 25.0 Å². The van der Waals surface area contributed by atoms with E-state index >= 15 is 0 Å². The molecule has 4 rings (SSSR count). The van der Waals surface area contributed by atoms with E-state index in [1.165, 1.54) is 31.3 Å². The number of anilines is 2. The number of urea groups is 1. The molecule has 0 bridgehead atoms. The van der Waals surface area contributed by atoms with Gasteiger partial charge in [-0.2, -0.15) is 13.2 Å². The smallest absolute Gasteiger partial charge is 0.416 e. The van der Waals surface area contributed by atoms with Gasteiger partial charge in [-0.3, -0.25) is 4.79 Å². The van der Waals surface area contributed by atoms with Crippen LogP contribution in [0.4, 0.5) is 29.3 Å². The number of fused-ring (bicyclic) bond motifs is 1. The molecular weight excluding hydrogens is 503 g/mol. The first-order chi connectivity index (χ1) is 18.1. The summed E-state index contributed by atoms with van der Waals surface area (Å²) in [4.78, 5) is 38.7. The molecule has 0 saturated heterocycles. The average Bonchev–Trinajstić information content (AvgIpc) is 3.22. The number of halogens is 3. The van der Waals surface area contributed by atoms with E-state index in [0.717, 1.165) is 28.8 Å². The first-order valence-corrected chi connectivity index (χ1v) is 11.5. The number of nitrogens with one attached hydrogen (secondary N) is 2. The molecule has 0 saturated carbocycles. The van der Waals surface area contributed by atoms with Crippen molar-refractivity contribution in [1.82, 2.24) is 4.90 Å². The number of hydrogen-bond donors (Lipinski definition) is 2. The van der Waals surface area contributed by atoms with E-state index in [0.29, 0.717) is 11.3 Å². The van der Waals surface area contributed by atoms with Crippen LogP contribution in [0.2, 0.25) is 0 Å². The summed E-state index contributed by atoms with van der Waals surface area (Å²) in [7, 11) is 2.69. The van der Waals surface area contributed by atoms with Gasteiger partial charge in [-0.1, -0.05) is 24.3 Å². The Balaban J connectivity index is 1.44. The summed E-state index contributed by atoms with van der Waals surface area (Å²) in [5.74, 6) is -0.848. The third kappa shape index (κ3) is 5.78. The fraction of sp³-hybridized carbons (Fsp3) is 0.222. The maximum Gasteiger partial charge on any atom is 0.416 e. The Labute approximate surface area is 216 Å². The second-order valence-electron chi connectivity index (χ2n) is 8.53. The van der Waals surface area contributed by atoms with Crippen LogP contribution in [0.1, 0.15) is 21.5 Å². The highest BCUT2D eigenvalue weighted by molar-refractivity contribution is 6.01. The molecule has 3 aromatic carbocycles. The van der Waals surface area contributed by atoms with Gasteiger partial charge in [0, 0.05) is 30.6 Å². The van der Waals surface area contributed by atoms with Gasteiger partial charge in [0.25, 0.3) is 5.91 Å². The highest BCUT2D eigenvalue weighted by atomic mass is 19.4. The molecule has 1 aliphatic heterocycles. The number of esters is 1. The van der Waals surface area contributed by atoms with Crippen molar-refractivity contribution in [3.63, 3.8) is 0 Å². The van der Waals surface area contributed by atoms with Crippen LogP contribution in [0.5, 0.6) is 0 Å². The average molecular weight is 527 g/mol. The van der Waals surface area contributed by atoms with E-state index < -0.39 is 29.8 Å². The van der Waals surface area contributed by atoms with Crippen LogP contribution in [0.25, 0.3) is 11.1 Å². The highest BCUT2D eigenvalue weighted by Crippen LogP contribution is 2.32. The Hall–Kier alpha value is -4.38. The molecule has 0 radical (unpaired) electrons. The fourth-order valence-electron chi connectivity index (χ4n) is 4.17. The predicted octanol–water partition coefficient (Wildman–Crippen LogP) is 5.16. The van der Waals surface area contributed by atoms with Crippen molar-refractivity contribution in [2.24, 2.45) is 0 Å². The summed E-state index contributed by atoms with van der Waals surface area (Å²) in [6, 6.07) is 15.0. The van der Waals surface area contributed by atoms with Crippen LogP contribution in [0.3, 0.4) is 0 Å². The lowest BCUT2D eigenvalue weighted by molar-refractivity contribution is -0.148. The standard InChI is InChI=1S/C27H24F3N3O5/c1-37-15-23(25(35)38-2)33-14-18-12-17(8-11-22(18)24(33)34)16-6-9-20(10-7-16)31-26(36)32-21-5-3-4-19(13-21)27(28,29)30/h3-13,23H,14-15H2,1-2H3,(H2,31,32,36). The molecular formula is C27H24F3N3O5. The second kappa shape index (κ2) is 10.9. The van der Waals surface area contributed by atoms with Crippen molar-refractivity contribution >= 4 is 29.3 Å². The first-order valence-electron chi connectivity index (χ1n) is 11.5. The minimum atomic E-state index is -4.51. The van der Waals surface area contributed by atoms with Crippen LogP contribution in [-0.4, -0.2) is 49.7 Å². The van der Waals surface area contributed by atoms with Gasteiger partial charge in [-0.25, -0.2) is 9.59 Å². The van der Waals surface area contributed by atoms with Gasteiger partial charge in [0.1, 0.15) is 0 Å². The molecule has 38 heavy (non-hydrogen) atoms. The molecule has 1 unspecified atom stereocenters. The summed E-state index contributed by atoms with van der Waals surface area (Å²) in [6.07, 6.45) is -4.51. The Kier molecular flexibility index (Phi) is 7.67. The summed E-state index contributed by atoms with van der Waals surface area (Å²) >= 11 is 0. The minimum absolute atomic E-state index is 0.00899. The van der Waals surface area contributed by atoms with Gasteiger partial charge >= 0.3 is 18.2 Å². The number of carbonyl (C=O) groups is 3. The molecule has 0 aromatic heterocycles. The van der Waals surface area contributed by atoms with Crippen molar-refractivity contribution < 1.29 is 37.0 Å². The normalized spacial score (nSPS) is 13.6. The zero-order valence-electron chi connectivity index (χ0n) is 20.5. The topological polar surface area (TPSA) is 97.0 Å². The van der Waals surface area contributed by atoms with E-state index in [-0.39, 0.29) is 24.7 Å². The van der Waals surface area contributed by atoms with E-state index in [4.69, 9.17) is 9.47 Å². The van der Waals surface area contributed by atoms with Gasteiger partial charge in [0.15, 0.2) is 6.04 Å². The first kappa shape index (κ1) is 26.7. The third-order valence-corrected chi connectivity index (χ3v) is 6.04. The van der Waals surface area contributed by atoms with Gasteiger partial charge in [0.2, 0.25) is 0 Å². The maximum atomic E-state index is 12.9. The lowest BCUT2D eigenvalue weighted by atomic mass is 10.0. The maximum absolute atomic E-state index is 12.9. The zero-order chi connectivity index (χ0) is 27.4. The van der Waals surface area contributed by atoms with Crippen molar-refractivity contribution in [3.8, 4) is 11.1 Å². The Morgan fingerprint density at radius 2 is 1.63 bits per heavy atom. The molecule has 0 spiro atoms. The molecule has 3 amide bonds. The Morgan fingerprint density at radius 1 is 0.947 bits per heavy atom. The van der Waals surface area contributed by atoms with Crippen LogP contribution in [-0.2, 0) is 27.0 Å². The molecule has 1 heterocycles. The molecule has 2 N–H and O–H groups in total. The molecule has 1 atom stereocenters. The summed E-state index contributed by atoms with van der Waals surface area (Å²) < 4.78 is 48.6. The summed E-state index contributed by atoms with van der Waals surface area (Å²) in [5, 5.41) is 4.97. The number of rotatable bonds is 7. The van der Waals surface area contributed by atoms with Gasteiger partial charge in [-0.05, 0) is 59.2 Å². The lowest BCUT2D eigenvalue weighted by Crippen LogP contribution is -2.45. The number of benzene rings is 3. The molecule has 0 fully saturated rings. The predicted molar refractivity (Wildman–Crippen MR) is 134 cm³/mol. The van der Waals surface area contributed by atoms with Crippen molar-refractivity contribution in [3.05, 3.63) is 83.4 Å². The molecule has 1 aliphatic rings. The fourth-order valence-corrected chi connectivity index (χ4v) is 4.17. The number of nitrogens with zero attached hydrogens (tertiary/aromatic N) is 1. The van der Waals surface area contributed by atoms with E-state index in [9.17, 15) is 27.6 Å². The number of methoxy groups -OCH3 is 2. The molecule has 198 valence electrons. The van der Waals surface area contributed by atoms with Crippen LogP contribution < -0.4 is 10.6 Å². The molecule has 3 aromatic rings. The molecule has 0 aliphatic carbocycles. The Morgan fingerprint density at radius 3 is 2.29 bits per heavy atom. The van der Waals surface area contributed by atoms with Crippen molar-refractivity contribution in [2.45, 2.75) is 18.8 Å². The van der Waals surface area contributed by atoms with E-state index in [1.54, 1.807) is 36.4 Å². The Bertz CT molecular complexity index is 1360. The monoisotopic (exact) mass is 527 g/mol. The largest absolute Gasteiger partial charge is 0.467 e. The molecule has 11 heteroatoms. The minimum Gasteiger partial charge on any atom is -0.467 e. The SMILES string of the molecule is COCC(C(=O)OC)N1Cc2cc(-c3ccc(NC(=O)Nc4cccc(C(F)(F)F)c4)cc3)ccc2C1=O. The van der Waals surface area contributed by atoms with Crippen LogP contribution in [0, 0.1) is 0 Å². The summed E-state index contributed by atoms with van der Waals surface area (Å²) in [6.45, 7) is 0.232. The summed E-state index contributed by atoms with van der Waals surface area (Å²) in [5.41, 5.74) is 2.45. The number of alkyl halides is 3. The number of amides is 3. The highest BCUT2D eigenvalue weighted by Gasteiger charge is 2.37. The third-order valence-electron chi connectivity index (χ3n) is 6.04. The number of hydrogen-bond acceptors (Lipinski definition) is 5. The zero-order valence-corrected chi connectivity index (χ0v) is 20.5. The van der Waals surface area contributed by atoms with Gasteiger partial charge in [-0.15, -0.1) is 0 Å². The van der Waals surface area contributed by atoms with E-state index in [1.807, 2.05) is 6.07 Å². The molecule has 8 nitrogen and oxygen atoms in total. The van der Waals surface area contributed by atoms with Crippen LogP contribution in [0.15, 0.2) is 66.7 Å². The van der Waals surface area contributed by atoms with Crippen molar-refractivity contribution in [1.29, 1.82) is 0 Å². The second-order valence-corrected chi connectivity index (χ2v) is 8.53. The number of carbonyl (C=O) groups excluding carboxylic acids is 3. The number of ether oxygens (including phenoxy) is 2. The van der Waals surface area contributed by atoms with Gasteiger partial charge in [0.05, 0.1) is 19.3 Å². The lowest BCUT2D eigenvalue weighted by Gasteiger charge is -2.24. The van der Waals surface area contributed by atoms with Crippen LogP contribution >= 0.6 is 0 Å². The van der Waals surface area contributed by atoms with E-state index in [2.05, 4.69) is 10.6 Å². The quantitative estimate of drug-likeness (QED) is 0.414.